The van der Waals surface area contributed by atoms with Crippen molar-refractivity contribution in [3.8, 4) is 5.75 Å². The van der Waals surface area contributed by atoms with E-state index >= 15 is 0 Å². The molecule has 1 rings (SSSR count). The number of aromatic nitrogens is 1. The van der Waals surface area contributed by atoms with Crippen molar-refractivity contribution in [3.05, 3.63) is 24.5 Å². The Morgan fingerprint density at radius 1 is 1.67 bits per heavy atom. The van der Waals surface area contributed by atoms with E-state index in [1.807, 2.05) is 12.1 Å². The van der Waals surface area contributed by atoms with Crippen LogP contribution in [0.1, 0.15) is 0 Å². The molecule has 0 saturated heterocycles. The van der Waals surface area contributed by atoms with Crippen molar-refractivity contribution in [1.29, 1.82) is 0 Å². The number of rotatable bonds is 2. The van der Waals surface area contributed by atoms with Crippen LogP contribution in [-0.2, 0) is 0 Å². The SMILES string of the molecule is ICOc1cccnc1. The predicted octanol–water partition coefficient (Wildman–Crippen LogP) is 1.85. The van der Waals surface area contributed by atoms with E-state index in [0.717, 1.165) is 5.75 Å². The van der Waals surface area contributed by atoms with E-state index in [-0.39, 0.29) is 0 Å². The molecule has 48 valence electrons. The van der Waals surface area contributed by atoms with Crippen molar-refractivity contribution in [2.75, 3.05) is 4.61 Å². The van der Waals surface area contributed by atoms with E-state index in [1.54, 1.807) is 12.4 Å². The molecule has 1 aromatic heterocycles. The predicted molar refractivity (Wildman–Crippen MR) is 43.8 cm³/mol. The van der Waals surface area contributed by atoms with Gasteiger partial charge in [-0.15, -0.1) is 0 Å². The zero-order valence-corrected chi connectivity index (χ0v) is 6.91. The molecule has 0 fully saturated rings. The molecule has 1 heterocycles. The molecule has 2 nitrogen and oxygen atoms in total. The zero-order valence-electron chi connectivity index (χ0n) is 4.75. The molecule has 0 bridgehead atoms. The van der Waals surface area contributed by atoms with Crippen LogP contribution in [-0.4, -0.2) is 9.60 Å². The summed E-state index contributed by atoms with van der Waals surface area (Å²) in [5.41, 5.74) is 0. The molecular formula is C6H6INO. The zero-order chi connectivity index (χ0) is 6.53. The second kappa shape index (κ2) is 3.66. The quantitative estimate of drug-likeness (QED) is 0.576. The van der Waals surface area contributed by atoms with Gasteiger partial charge in [0.1, 0.15) is 10.4 Å². The molecule has 0 aliphatic rings. The Bertz CT molecular complexity index is 166. The van der Waals surface area contributed by atoms with E-state index in [2.05, 4.69) is 27.6 Å². The fourth-order valence-corrected chi connectivity index (χ4v) is 0.855. The summed E-state index contributed by atoms with van der Waals surface area (Å²) in [6.07, 6.45) is 3.42. The highest BCUT2D eigenvalue weighted by Crippen LogP contribution is 2.06. The number of alkyl halides is 1. The van der Waals surface area contributed by atoms with Gasteiger partial charge in [-0.25, -0.2) is 0 Å². The van der Waals surface area contributed by atoms with Gasteiger partial charge < -0.3 is 4.74 Å². The van der Waals surface area contributed by atoms with Crippen LogP contribution in [0, 0.1) is 0 Å². The van der Waals surface area contributed by atoms with Crippen LogP contribution in [0.3, 0.4) is 0 Å². The number of halogens is 1. The molecule has 0 aliphatic carbocycles. The van der Waals surface area contributed by atoms with Gasteiger partial charge in [0, 0.05) is 6.20 Å². The first-order chi connectivity index (χ1) is 4.43. The Morgan fingerprint density at radius 3 is 3.11 bits per heavy atom. The van der Waals surface area contributed by atoms with Crippen LogP contribution < -0.4 is 4.74 Å². The highest BCUT2D eigenvalue weighted by Gasteiger charge is 1.85. The molecule has 9 heavy (non-hydrogen) atoms. The summed E-state index contributed by atoms with van der Waals surface area (Å²) in [4.78, 5) is 3.87. The van der Waals surface area contributed by atoms with Gasteiger partial charge in [0.25, 0.3) is 0 Å². The number of nitrogens with zero attached hydrogens (tertiary/aromatic N) is 1. The molecule has 0 N–H and O–H groups in total. The molecule has 0 aromatic carbocycles. The Morgan fingerprint density at radius 2 is 2.56 bits per heavy atom. The molecule has 0 amide bonds. The van der Waals surface area contributed by atoms with Gasteiger partial charge in [0.15, 0.2) is 0 Å². The lowest BCUT2D eigenvalue weighted by Gasteiger charge is -1.97. The summed E-state index contributed by atoms with van der Waals surface area (Å²) >= 11 is 2.14. The Labute approximate surface area is 67.4 Å². The Balaban J connectivity index is 2.61. The number of pyridine rings is 1. The molecule has 0 spiro atoms. The average molecular weight is 235 g/mol. The maximum Gasteiger partial charge on any atom is 0.139 e. The van der Waals surface area contributed by atoms with Crippen LogP contribution in [0.2, 0.25) is 0 Å². The van der Waals surface area contributed by atoms with Gasteiger partial charge in [-0.3, -0.25) is 4.98 Å². The normalized spacial score (nSPS) is 9.00. The van der Waals surface area contributed by atoms with Gasteiger partial charge >= 0.3 is 0 Å². The largest absolute Gasteiger partial charge is 0.482 e. The molecule has 0 unspecified atom stereocenters. The van der Waals surface area contributed by atoms with Gasteiger partial charge in [0.05, 0.1) is 6.20 Å². The van der Waals surface area contributed by atoms with Gasteiger partial charge in [-0.2, -0.15) is 0 Å². The maximum absolute atomic E-state index is 5.13. The Hall–Kier alpha value is -0.320. The molecule has 0 aliphatic heterocycles. The van der Waals surface area contributed by atoms with E-state index in [4.69, 9.17) is 4.74 Å². The van der Waals surface area contributed by atoms with Gasteiger partial charge in [0.2, 0.25) is 0 Å². The first-order valence-corrected chi connectivity index (χ1v) is 4.05. The first-order valence-electron chi connectivity index (χ1n) is 2.52. The molecule has 1 aromatic rings. The van der Waals surface area contributed by atoms with Gasteiger partial charge in [-0.1, -0.05) is 0 Å². The van der Waals surface area contributed by atoms with Crippen molar-refractivity contribution < 1.29 is 4.74 Å². The van der Waals surface area contributed by atoms with Crippen LogP contribution in [0.5, 0.6) is 5.75 Å². The van der Waals surface area contributed by atoms with Crippen molar-refractivity contribution in [2.45, 2.75) is 0 Å². The Kier molecular flexibility index (Phi) is 2.76. The standard InChI is InChI=1S/C6H6INO/c7-5-9-6-2-1-3-8-4-6/h1-4H,5H2. The van der Waals surface area contributed by atoms with Crippen LogP contribution in [0.4, 0.5) is 0 Å². The van der Waals surface area contributed by atoms with E-state index < -0.39 is 0 Å². The minimum absolute atomic E-state index is 0.670. The first kappa shape index (κ1) is 6.80. The third kappa shape index (κ3) is 2.17. The molecule has 0 radical (unpaired) electrons. The third-order valence-electron chi connectivity index (χ3n) is 0.856. The van der Waals surface area contributed by atoms with Crippen molar-refractivity contribution in [1.82, 2.24) is 4.98 Å². The van der Waals surface area contributed by atoms with E-state index in [0.29, 0.717) is 4.61 Å². The summed E-state index contributed by atoms with van der Waals surface area (Å²) in [7, 11) is 0. The number of ether oxygens (including phenoxy) is 1. The molecule has 0 saturated carbocycles. The summed E-state index contributed by atoms with van der Waals surface area (Å²) in [6, 6.07) is 3.73. The molecule has 3 heteroatoms. The highest BCUT2D eigenvalue weighted by atomic mass is 127. The summed E-state index contributed by atoms with van der Waals surface area (Å²) in [6.45, 7) is 0. The second-order valence-electron chi connectivity index (χ2n) is 1.44. The minimum Gasteiger partial charge on any atom is -0.482 e. The topological polar surface area (TPSA) is 22.1 Å². The monoisotopic (exact) mass is 235 g/mol. The van der Waals surface area contributed by atoms with Crippen molar-refractivity contribution >= 4 is 22.6 Å². The van der Waals surface area contributed by atoms with Crippen LogP contribution in [0.15, 0.2) is 24.5 Å². The smallest absolute Gasteiger partial charge is 0.139 e. The third-order valence-corrected chi connectivity index (χ3v) is 1.17. The van der Waals surface area contributed by atoms with Crippen molar-refractivity contribution in [3.63, 3.8) is 0 Å². The molecule has 0 atom stereocenters. The van der Waals surface area contributed by atoms with E-state index in [1.165, 1.54) is 0 Å². The minimum atomic E-state index is 0.670. The van der Waals surface area contributed by atoms with Crippen LogP contribution >= 0.6 is 22.6 Å². The van der Waals surface area contributed by atoms with Crippen LogP contribution in [0.25, 0.3) is 0 Å². The lowest BCUT2D eigenvalue weighted by molar-refractivity contribution is 0.402. The second-order valence-corrected chi connectivity index (χ2v) is 2.06. The van der Waals surface area contributed by atoms with Crippen molar-refractivity contribution in [2.24, 2.45) is 0 Å². The summed E-state index contributed by atoms with van der Waals surface area (Å²) in [5, 5.41) is 0. The summed E-state index contributed by atoms with van der Waals surface area (Å²) in [5.74, 6) is 0.826. The fraction of sp³-hybridized carbons (Fsp3) is 0.167. The van der Waals surface area contributed by atoms with Gasteiger partial charge in [-0.05, 0) is 34.7 Å². The van der Waals surface area contributed by atoms with E-state index in [9.17, 15) is 0 Å². The number of hydrogen-bond acceptors (Lipinski definition) is 2. The highest BCUT2D eigenvalue weighted by molar-refractivity contribution is 14.1. The molecular weight excluding hydrogens is 229 g/mol. The summed E-state index contributed by atoms with van der Waals surface area (Å²) < 4.78 is 5.80. The maximum atomic E-state index is 5.13. The fourth-order valence-electron chi connectivity index (χ4n) is 0.495. The average Bonchev–Trinajstić information content (AvgIpc) is 1.91. The lowest BCUT2D eigenvalue weighted by Crippen LogP contribution is -1.87. The number of hydrogen-bond donors (Lipinski definition) is 0. The lowest BCUT2D eigenvalue weighted by atomic mass is 10.5.